The first-order chi connectivity index (χ1) is 14.9. The molecule has 0 aromatic carbocycles. The van der Waals surface area contributed by atoms with Gasteiger partial charge in [-0.3, -0.25) is 0 Å². The van der Waals surface area contributed by atoms with E-state index >= 15 is 0 Å². The van der Waals surface area contributed by atoms with Crippen LogP contribution in [0, 0.1) is 6.92 Å². The maximum absolute atomic E-state index is 12.4. The van der Waals surface area contributed by atoms with Gasteiger partial charge in [0.25, 0.3) is 0 Å². The Balaban J connectivity index is 1.68. The second kappa shape index (κ2) is 9.73. The maximum atomic E-state index is 12.4. The third-order valence-corrected chi connectivity index (χ3v) is 7.86. The molecule has 178 valence electrons. The van der Waals surface area contributed by atoms with Crippen molar-refractivity contribution < 1.29 is 14.3 Å². The summed E-state index contributed by atoms with van der Waals surface area (Å²) >= 11 is 3.74. The normalized spacial score (nSPS) is 15.5. The van der Waals surface area contributed by atoms with E-state index in [4.69, 9.17) is 14.5 Å². The van der Waals surface area contributed by atoms with E-state index in [1.54, 1.807) is 4.90 Å². The molecule has 1 amide bonds. The summed E-state index contributed by atoms with van der Waals surface area (Å²) in [4.78, 5) is 21.2. The minimum atomic E-state index is -1.10. The molecular weight excluding hydrogens is 488 g/mol. The zero-order valence-corrected chi connectivity index (χ0v) is 23.1. The van der Waals surface area contributed by atoms with Crippen molar-refractivity contribution in [3.8, 4) is 0 Å². The highest BCUT2D eigenvalue weighted by atomic mass is 79.9. The van der Waals surface area contributed by atoms with Crippen LogP contribution in [0.1, 0.15) is 26.3 Å². The largest absolute Gasteiger partial charge is 0.444 e. The van der Waals surface area contributed by atoms with Crippen LogP contribution in [-0.2, 0) is 16.2 Å². The molecule has 0 aliphatic carbocycles. The Morgan fingerprint density at radius 1 is 1.19 bits per heavy atom. The summed E-state index contributed by atoms with van der Waals surface area (Å²) in [7, 11) is -1.10. The highest BCUT2D eigenvalue weighted by Crippen LogP contribution is 2.33. The lowest BCUT2D eigenvalue weighted by Crippen LogP contribution is -2.50. The Morgan fingerprint density at radius 3 is 2.44 bits per heavy atom. The molecule has 7 nitrogen and oxygen atoms in total. The van der Waals surface area contributed by atoms with Crippen molar-refractivity contribution in [2.75, 3.05) is 37.7 Å². The molecule has 0 radical (unpaired) electrons. The molecule has 1 saturated heterocycles. The van der Waals surface area contributed by atoms with E-state index in [1.807, 2.05) is 27.0 Å². The zero-order chi connectivity index (χ0) is 23.7. The first-order valence-electron chi connectivity index (χ1n) is 11.3. The number of anilines is 1. The molecule has 0 saturated carbocycles. The topological polar surface area (TPSA) is 59.8 Å². The molecule has 0 N–H and O–H groups in total. The van der Waals surface area contributed by atoms with Crippen molar-refractivity contribution in [2.24, 2.45) is 0 Å². The van der Waals surface area contributed by atoms with Crippen LogP contribution in [0.5, 0.6) is 0 Å². The Morgan fingerprint density at radius 2 is 1.84 bits per heavy atom. The average Bonchev–Trinajstić information content (AvgIpc) is 3.00. The number of rotatable bonds is 6. The van der Waals surface area contributed by atoms with E-state index in [1.165, 1.54) is 5.39 Å². The number of hydrogen-bond donors (Lipinski definition) is 0. The van der Waals surface area contributed by atoms with Crippen LogP contribution in [0.25, 0.3) is 10.9 Å². The highest BCUT2D eigenvalue weighted by Gasteiger charge is 2.27. The predicted octanol–water partition coefficient (Wildman–Crippen LogP) is 5.48. The minimum Gasteiger partial charge on any atom is -0.444 e. The molecule has 1 aliphatic heterocycles. The van der Waals surface area contributed by atoms with E-state index in [0.29, 0.717) is 19.8 Å². The van der Waals surface area contributed by atoms with E-state index in [2.05, 4.69) is 58.2 Å². The van der Waals surface area contributed by atoms with Crippen molar-refractivity contribution in [2.45, 2.75) is 65.7 Å². The van der Waals surface area contributed by atoms with Crippen molar-refractivity contribution in [3.63, 3.8) is 0 Å². The number of nitrogens with zero attached hydrogens (tertiary/aromatic N) is 4. The molecule has 0 atom stereocenters. The van der Waals surface area contributed by atoms with Crippen molar-refractivity contribution in [3.05, 3.63) is 22.4 Å². The van der Waals surface area contributed by atoms with E-state index < -0.39 is 13.7 Å². The molecule has 0 spiro atoms. The fourth-order valence-corrected chi connectivity index (χ4v) is 5.28. The van der Waals surface area contributed by atoms with Crippen molar-refractivity contribution in [1.82, 2.24) is 14.5 Å². The second-order valence-electron chi connectivity index (χ2n) is 10.7. The number of hydrogen-bond acceptors (Lipinski definition) is 5. The molecule has 3 rings (SSSR count). The van der Waals surface area contributed by atoms with Gasteiger partial charge in [0, 0.05) is 62.5 Å². The number of fused-ring (bicyclic) bond motifs is 1. The molecule has 9 heteroatoms. The minimum absolute atomic E-state index is 0.244. The molecule has 3 heterocycles. The predicted molar refractivity (Wildman–Crippen MR) is 136 cm³/mol. The average molecular weight is 526 g/mol. The van der Waals surface area contributed by atoms with Gasteiger partial charge in [-0.05, 0) is 49.7 Å². The van der Waals surface area contributed by atoms with Gasteiger partial charge in [-0.25, -0.2) is 9.78 Å². The van der Waals surface area contributed by atoms with E-state index in [-0.39, 0.29) is 6.09 Å². The van der Waals surface area contributed by atoms with Crippen LogP contribution in [0.2, 0.25) is 25.7 Å². The van der Waals surface area contributed by atoms with E-state index in [9.17, 15) is 4.79 Å². The lowest BCUT2D eigenvalue weighted by atomic mass is 10.1. The standard InChI is InChI=1S/C23H37BrN4O3Si/c1-17-20-18(24)15-28(16-30-12-13-32(5,6)7)19(20)14-25-21(17)26-8-10-27(11-9-26)22(29)31-23(2,3)4/h14-15H,8-13,16H2,1-7H3. The second-order valence-corrected chi connectivity index (χ2v) is 17.2. The molecule has 0 bridgehead atoms. The van der Waals surface area contributed by atoms with Crippen LogP contribution >= 0.6 is 15.9 Å². The fourth-order valence-electron chi connectivity index (χ4n) is 3.77. The number of halogens is 1. The Hall–Kier alpha value is -1.58. The summed E-state index contributed by atoms with van der Waals surface area (Å²) in [6.07, 6.45) is 3.77. The monoisotopic (exact) mass is 524 g/mol. The Bertz CT molecular complexity index is 957. The zero-order valence-electron chi connectivity index (χ0n) is 20.5. The van der Waals surface area contributed by atoms with E-state index in [0.717, 1.165) is 47.1 Å². The summed E-state index contributed by atoms with van der Waals surface area (Å²) in [6.45, 7) is 18.9. The molecule has 2 aromatic rings. The SMILES string of the molecule is Cc1c(N2CCN(C(=O)OC(C)(C)C)CC2)ncc2c1c(Br)cn2COCC[Si](C)(C)C. The van der Waals surface area contributed by atoms with Gasteiger partial charge in [0.05, 0.1) is 11.7 Å². The number of aromatic nitrogens is 2. The van der Waals surface area contributed by atoms with Gasteiger partial charge in [0.1, 0.15) is 18.1 Å². The maximum Gasteiger partial charge on any atom is 0.410 e. The van der Waals surface area contributed by atoms with Crippen molar-refractivity contribution in [1.29, 1.82) is 0 Å². The number of aryl methyl sites for hydroxylation is 1. The molecule has 0 unspecified atom stereocenters. The first kappa shape index (κ1) is 25.0. The first-order valence-corrected chi connectivity index (χ1v) is 15.8. The molecule has 1 aliphatic rings. The third-order valence-electron chi connectivity index (χ3n) is 5.55. The Labute approximate surface area is 201 Å². The summed E-state index contributed by atoms with van der Waals surface area (Å²) in [5.74, 6) is 0.972. The number of pyridine rings is 1. The third kappa shape index (κ3) is 6.26. The summed E-state index contributed by atoms with van der Waals surface area (Å²) < 4.78 is 14.6. The lowest BCUT2D eigenvalue weighted by molar-refractivity contribution is 0.0240. The molecule has 32 heavy (non-hydrogen) atoms. The van der Waals surface area contributed by atoms with Gasteiger partial charge in [-0.2, -0.15) is 0 Å². The van der Waals surface area contributed by atoms with Crippen molar-refractivity contribution >= 4 is 46.8 Å². The van der Waals surface area contributed by atoms with Gasteiger partial charge in [0.15, 0.2) is 0 Å². The number of carbonyl (C=O) groups excluding carboxylic acids is 1. The van der Waals surface area contributed by atoms with Crippen LogP contribution < -0.4 is 4.90 Å². The highest BCUT2D eigenvalue weighted by molar-refractivity contribution is 9.10. The van der Waals surface area contributed by atoms with Gasteiger partial charge < -0.3 is 23.8 Å². The smallest absolute Gasteiger partial charge is 0.410 e. The number of amides is 1. The lowest BCUT2D eigenvalue weighted by Gasteiger charge is -2.36. The fraction of sp³-hybridized carbons (Fsp3) is 0.652. The summed E-state index contributed by atoms with van der Waals surface area (Å²) in [6, 6.07) is 1.16. The molecular formula is C23H37BrN4O3Si. The van der Waals surface area contributed by atoms with Crippen LogP contribution in [0.15, 0.2) is 16.9 Å². The Kier molecular flexibility index (Phi) is 7.61. The van der Waals surface area contributed by atoms with Crippen LogP contribution in [-0.4, -0.2) is 67.0 Å². The van der Waals surface area contributed by atoms with Gasteiger partial charge in [0.2, 0.25) is 0 Å². The van der Waals surface area contributed by atoms with Gasteiger partial charge in [-0.1, -0.05) is 19.6 Å². The number of piperazine rings is 1. The summed E-state index contributed by atoms with van der Waals surface area (Å²) in [5.41, 5.74) is 1.73. The molecule has 2 aromatic heterocycles. The van der Waals surface area contributed by atoms with Gasteiger partial charge >= 0.3 is 6.09 Å². The quantitative estimate of drug-likeness (QED) is 0.370. The van der Waals surface area contributed by atoms with Gasteiger partial charge in [-0.15, -0.1) is 0 Å². The van der Waals surface area contributed by atoms with Crippen LogP contribution in [0.3, 0.4) is 0 Å². The summed E-state index contributed by atoms with van der Waals surface area (Å²) in [5, 5.41) is 1.17. The van der Waals surface area contributed by atoms with Crippen LogP contribution in [0.4, 0.5) is 10.6 Å². The number of ether oxygens (including phenoxy) is 2. The number of carbonyl (C=O) groups is 1. The molecule has 1 fully saturated rings.